The Morgan fingerprint density at radius 3 is 1.76 bits per heavy atom. The molecule has 238 valence electrons. The van der Waals surface area contributed by atoms with Crippen molar-refractivity contribution < 1.29 is 0 Å². The number of rotatable bonds is 4. The fraction of sp³-hybridized carbons (Fsp3) is 0.649. The average Bonchev–Trinajstić information content (AvgIpc) is 3.71. The largest absolute Gasteiger partial charge is 0.372 e. The molecule has 1 aliphatic carbocycles. The molecule has 5 nitrogen and oxygen atoms in total. The molecule has 0 radical (unpaired) electrons. The van der Waals surface area contributed by atoms with Gasteiger partial charge in [-0.15, -0.1) is 13.2 Å². The monoisotopic (exact) mass is 580 g/mol. The van der Waals surface area contributed by atoms with Gasteiger partial charge in [0.2, 0.25) is 0 Å². The molecule has 0 unspecified atom stereocenters. The molecule has 0 spiro atoms. The molecule has 0 atom stereocenters. The molecular formula is C37H65N5. The molecule has 1 saturated carbocycles. The number of hydrogen-bond acceptors (Lipinski definition) is 4. The highest BCUT2D eigenvalue weighted by Crippen LogP contribution is 2.33. The van der Waals surface area contributed by atoms with Crippen LogP contribution in [0.3, 0.4) is 0 Å². The summed E-state index contributed by atoms with van der Waals surface area (Å²) < 4.78 is 1.82. The third-order valence-corrected chi connectivity index (χ3v) is 7.45. The van der Waals surface area contributed by atoms with E-state index in [1.807, 2.05) is 32.2 Å². The summed E-state index contributed by atoms with van der Waals surface area (Å²) >= 11 is 0. The second-order valence-electron chi connectivity index (χ2n) is 10.8. The molecule has 2 aliphatic rings. The Morgan fingerprint density at radius 1 is 0.762 bits per heavy atom. The lowest BCUT2D eigenvalue weighted by atomic mass is 9.84. The highest BCUT2D eigenvalue weighted by Gasteiger charge is 2.17. The molecule has 2 aromatic heterocycles. The first-order chi connectivity index (χ1) is 20.4. The van der Waals surface area contributed by atoms with E-state index in [2.05, 4.69) is 98.9 Å². The summed E-state index contributed by atoms with van der Waals surface area (Å²) in [4.78, 5) is 11.2. The van der Waals surface area contributed by atoms with Gasteiger partial charge in [0, 0.05) is 30.2 Å². The van der Waals surface area contributed by atoms with E-state index in [1.54, 1.807) is 5.56 Å². The van der Waals surface area contributed by atoms with Gasteiger partial charge in [0.05, 0.1) is 0 Å². The lowest BCUT2D eigenvalue weighted by Crippen LogP contribution is -2.17. The van der Waals surface area contributed by atoms with Crippen LogP contribution in [0.2, 0.25) is 0 Å². The van der Waals surface area contributed by atoms with Crippen molar-refractivity contribution in [2.75, 3.05) is 18.0 Å². The van der Waals surface area contributed by atoms with Crippen LogP contribution < -0.4 is 4.90 Å². The Morgan fingerprint density at radius 2 is 1.29 bits per heavy atom. The van der Waals surface area contributed by atoms with Gasteiger partial charge in [0.25, 0.3) is 5.78 Å². The summed E-state index contributed by atoms with van der Waals surface area (Å²) in [7, 11) is 0. The molecule has 1 saturated heterocycles. The van der Waals surface area contributed by atoms with Crippen molar-refractivity contribution in [3.63, 3.8) is 0 Å². The molecule has 5 heteroatoms. The summed E-state index contributed by atoms with van der Waals surface area (Å²) in [5, 5.41) is 4.31. The van der Waals surface area contributed by atoms with Crippen LogP contribution in [-0.2, 0) is 6.42 Å². The second-order valence-corrected chi connectivity index (χ2v) is 10.8. The first kappa shape index (κ1) is 39.3. The number of unbranched alkanes of at least 4 members (excludes halogenated alkanes) is 1. The minimum Gasteiger partial charge on any atom is -0.372 e. The van der Waals surface area contributed by atoms with Crippen molar-refractivity contribution in [2.45, 2.75) is 146 Å². The van der Waals surface area contributed by atoms with Gasteiger partial charge in [-0.05, 0) is 82.1 Å². The highest BCUT2D eigenvalue weighted by molar-refractivity contribution is 5.48. The van der Waals surface area contributed by atoms with Crippen LogP contribution in [0.25, 0.3) is 5.78 Å². The number of nitrogens with zero attached hydrogens (tertiary/aromatic N) is 5. The molecule has 1 aromatic carbocycles. The van der Waals surface area contributed by atoms with Crippen molar-refractivity contribution in [3.8, 4) is 0 Å². The number of aromatic nitrogens is 4. The topological polar surface area (TPSA) is 46.3 Å². The third-order valence-electron chi connectivity index (χ3n) is 7.45. The summed E-state index contributed by atoms with van der Waals surface area (Å²) in [5.41, 5.74) is 6.48. The maximum Gasteiger partial charge on any atom is 0.252 e. The van der Waals surface area contributed by atoms with Gasteiger partial charge in [0.1, 0.15) is 5.82 Å². The first-order valence-corrected chi connectivity index (χ1v) is 16.9. The van der Waals surface area contributed by atoms with E-state index in [9.17, 15) is 0 Å². The Bertz CT molecular complexity index is 1060. The lowest BCUT2D eigenvalue weighted by molar-refractivity contribution is 0.443. The average molecular weight is 580 g/mol. The Labute approximate surface area is 260 Å². The Balaban J connectivity index is 0.000000605. The van der Waals surface area contributed by atoms with Crippen molar-refractivity contribution in [1.29, 1.82) is 0 Å². The zero-order valence-corrected chi connectivity index (χ0v) is 29.2. The van der Waals surface area contributed by atoms with Crippen LogP contribution in [0.1, 0.15) is 147 Å². The summed E-state index contributed by atoms with van der Waals surface area (Å²) in [6, 6.07) is 9.44. The van der Waals surface area contributed by atoms with E-state index < -0.39 is 0 Å². The molecule has 5 rings (SSSR count). The smallest absolute Gasteiger partial charge is 0.252 e. The van der Waals surface area contributed by atoms with Crippen LogP contribution in [-0.4, -0.2) is 32.7 Å². The number of hydrogen-bond donors (Lipinski definition) is 0. The standard InChI is InChI=1S/C16H23N.C10H14N4.C4H10.C3H8.C2H6.C2H4/c1-2-6-14(7-3-1)15-8-10-16(11-9-15)17-12-4-5-13-17;1-5-9-6(2)11-10-12-8(4)13-14(10)7(9)3;1-3-4-2;1-3-2;2*1-2/h8-11,14H,1-7,12-13H2;5H2,1-4H3;3-4H2,1-2H3;3H2,1-2H3;1-2H3;1-2H2. The fourth-order valence-electron chi connectivity index (χ4n) is 5.19. The van der Waals surface area contributed by atoms with Crippen molar-refractivity contribution in [2.24, 2.45) is 0 Å². The normalized spacial score (nSPS) is 14.0. The van der Waals surface area contributed by atoms with Gasteiger partial charge in [0.15, 0.2) is 0 Å². The zero-order chi connectivity index (χ0) is 31.9. The van der Waals surface area contributed by atoms with Gasteiger partial charge >= 0.3 is 0 Å². The van der Waals surface area contributed by atoms with Crippen molar-refractivity contribution >= 4 is 11.5 Å². The van der Waals surface area contributed by atoms with E-state index in [0.717, 1.165) is 29.6 Å². The van der Waals surface area contributed by atoms with Gasteiger partial charge in [-0.1, -0.05) is 99.1 Å². The lowest BCUT2D eigenvalue weighted by Gasteiger charge is -2.23. The summed E-state index contributed by atoms with van der Waals surface area (Å²) in [6.45, 7) is 29.2. The number of fused-ring (bicyclic) bond motifs is 1. The maximum atomic E-state index is 4.42. The molecule has 3 aromatic rings. The van der Waals surface area contributed by atoms with E-state index in [4.69, 9.17) is 0 Å². The SMILES string of the molecule is C=C.CC.CCC.CCCC.CCc1c(C)nc2nc(C)nn2c1C.c1cc(N2CCCC2)ccc1C1CCCCC1. The summed E-state index contributed by atoms with van der Waals surface area (Å²) in [5.74, 6) is 2.32. The van der Waals surface area contributed by atoms with Crippen LogP contribution in [0.4, 0.5) is 5.69 Å². The van der Waals surface area contributed by atoms with E-state index >= 15 is 0 Å². The van der Waals surface area contributed by atoms with Crippen molar-refractivity contribution in [3.05, 3.63) is 65.8 Å². The predicted molar refractivity (Wildman–Crippen MR) is 187 cm³/mol. The fourth-order valence-corrected chi connectivity index (χ4v) is 5.19. The number of anilines is 1. The zero-order valence-electron chi connectivity index (χ0n) is 29.2. The van der Waals surface area contributed by atoms with E-state index in [0.29, 0.717) is 5.78 Å². The predicted octanol–water partition coefficient (Wildman–Crippen LogP) is 11.0. The minimum absolute atomic E-state index is 0.703. The van der Waals surface area contributed by atoms with Gasteiger partial charge in [-0.25, -0.2) is 9.50 Å². The third kappa shape index (κ3) is 13.1. The molecule has 0 bridgehead atoms. The molecule has 1 aliphatic heterocycles. The van der Waals surface area contributed by atoms with Crippen molar-refractivity contribution in [1.82, 2.24) is 19.6 Å². The quantitative estimate of drug-likeness (QED) is 0.288. The van der Waals surface area contributed by atoms with Crippen LogP contribution in [0.15, 0.2) is 37.4 Å². The minimum atomic E-state index is 0.703. The molecule has 2 fully saturated rings. The summed E-state index contributed by atoms with van der Waals surface area (Å²) in [6.07, 6.45) is 14.7. The van der Waals surface area contributed by atoms with Gasteiger partial charge in [-0.3, -0.25) is 0 Å². The first-order valence-electron chi connectivity index (χ1n) is 16.9. The van der Waals surface area contributed by atoms with Crippen LogP contribution in [0.5, 0.6) is 0 Å². The molecule has 0 N–H and O–H groups in total. The van der Waals surface area contributed by atoms with E-state index in [1.165, 1.54) is 88.5 Å². The molecule has 0 amide bonds. The molecule has 42 heavy (non-hydrogen) atoms. The van der Waals surface area contributed by atoms with Crippen LogP contribution in [0, 0.1) is 20.8 Å². The number of aryl methyl sites for hydroxylation is 3. The Kier molecular flexibility index (Phi) is 22.3. The van der Waals surface area contributed by atoms with E-state index in [-0.39, 0.29) is 0 Å². The maximum absolute atomic E-state index is 4.42. The number of benzene rings is 1. The molecule has 3 heterocycles. The molecular weight excluding hydrogens is 514 g/mol. The van der Waals surface area contributed by atoms with Crippen LogP contribution >= 0.6 is 0 Å². The van der Waals surface area contributed by atoms with Gasteiger partial charge < -0.3 is 4.90 Å². The Hall–Kier alpha value is -2.69. The highest BCUT2D eigenvalue weighted by atomic mass is 15.3. The van der Waals surface area contributed by atoms with Gasteiger partial charge in [-0.2, -0.15) is 10.1 Å². The second kappa shape index (κ2) is 23.8.